The lowest BCUT2D eigenvalue weighted by atomic mass is 9.86. The molecule has 0 aliphatic rings. The molecule has 2 N–H and O–H groups in total. The lowest BCUT2D eigenvalue weighted by Gasteiger charge is -2.23. The molecule has 19 heavy (non-hydrogen) atoms. The topological polar surface area (TPSA) is 41.5 Å². The third-order valence-electron chi connectivity index (χ3n) is 2.93. The van der Waals surface area contributed by atoms with Crippen molar-refractivity contribution in [2.24, 2.45) is 0 Å². The van der Waals surface area contributed by atoms with Crippen LogP contribution in [0.5, 0.6) is 5.75 Å². The van der Waals surface area contributed by atoms with Gasteiger partial charge in [-0.25, -0.2) is 0 Å². The van der Waals surface area contributed by atoms with Gasteiger partial charge < -0.3 is 15.2 Å². The second kappa shape index (κ2) is 7.51. The van der Waals surface area contributed by atoms with Gasteiger partial charge >= 0.3 is 0 Å². The molecule has 0 saturated heterocycles. The van der Waals surface area contributed by atoms with Crippen LogP contribution in [0.25, 0.3) is 0 Å². The molecule has 3 heteroatoms. The summed E-state index contributed by atoms with van der Waals surface area (Å²) in [5.41, 5.74) is 1.21. The largest absolute Gasteiger partial charge is 0.491 e. The average molecular weight is 265 g/mol. The summed E-state index contributed by atoms with van der Waals surface area (Å²) in [4.78, 5) is 0. The fraction of sp³-hybridized carbons (Fsp3) is 0.625. The SMILES string of the molecule is CCCNCC(O)COc1ccccc1C(C)(C)C. The standard InChI is InChI=1S/C16H27NO2/c1-5-10-17-11-13(18)12-19-15-9-7-6-8-14(15)16(2,3)4/h6-9,13,17-18H,5,10-12H2,1-4H3. The molecule has 0 fully saturated rings. The normalized spacial score (nSPS) is 13.3. The molecule has 3 nitrogen and oxygen atoms in total. The summed E-state index contributed by atoms with van der Waals surface area (Å²) in [6.07, 6.45) is 0.597. The predicted molar refractivity (Wildman–Crippen MR) is 79.8 cm³/mol. The molecule has 0 amide bonds. The Morgan fingerprint density at radius 2 is 1.95 bits per heavy atom. The summed E-state index contributed by atoms with van der Waals surface area (Å²) in [7, 11) is 0. The molecule has 0 aromatic heterocycles. The van der Waals surface area contributed by atoms with Crippen LogP contribution < -0.4 is 10.1 Å². The Bertz CT molecular complexity index is 371. The maximum absolute atomic E-state index is 9.84. The Morgan fingerprint density at radius 1 is 1.26 bits per heavy atom. The van der Waals surface area contributed by atoms with Crippen molar-refractivity contribution >= 4 is 0 Å². The van der Waals surface area contributed by atoms with Gasteiger partial charge in [-0.2, -0.15) is 0 Å². The van der Waals surface area contributed by atoms with Crippen LogP contribution in [0.1, 0.15) is 39.7 Å². The van der Waals surface area contributed by atoms with E-state index in [1.54, 1.807) is 0 Å². The van der Waals surface area contributed by atoms with Crippen LogP contribution in [0.4, 0.5) is 0 Å². The average Bonchev–Trinajstić information content (AvgIpc) is 2.36. The van der Waals surface area contributed by atoms with E-state index in [0.717, 1.165) is 18.7 Å². The quantitative estimate of drug-likeness (QED) is 0.745. The highest BCUT2D eigenvalue weighted by Gasteiger charge is 2.18. The van der Waals surface area contributed by atoms with Gasteiger partial charge in [-0.1, -0.05) is 45.9 Å². The molecule has 0 saturated carbocycles. The molecule has 1 unspecified atom stereocenters. The van der Waals surface area contributed by atoms with Crippen LogP contribution in [0.2, 0.25) is 0 Å². The van der Waals surface area contributed by atoms with Gasteiger partial charge in [0.1, 0.15) is 18.5 Å². The van der Waals surface area contributed by atoms with Crippen molar-refractivity contribution in [3.8, 4) is 5.75 Å². The predicted octanol–water partition coefficient (Wildman–Crippen LogP) is 2.72. The molecule has 1 aromatic carbocycles. The van der Waals surface area contributed by atoms with E-state index in [1.807, 2.05) is 18.2 Å². The van der Waals surface area contributed by atoms with Crippen molar-refractivity contribution in [3.05, 3.63) is 29.8 Å². The van der Waals surface area contributed by atoms with Crippen LogP contribution in [-0.4, -0.2) is 30.9 Å². The molecule has 0 heterocycles. The zero-order chi connectivity index (χ0) is 14.3. The molecule has 1 aromatic rings. The molecular weight excluding hydrogens is 238 g/mol. The number of hydrogen-bond acceptors (Lipinski definition) is 3. The lowest BCUT2D eigenvalue weighted by Crippen LogP contribution is -2.32. The summed E-state index contributed by atoms with van der Waals surface area (Å²) in [6, 6.07) is 8.03. The molecule has 0 spiro atoms. The Morgan fingerprint density at radius 3 is 2.58 bits per heavy atom. The Kier molecular flexibility index (Phi) is 6.32. The van der Waals surface area contributed by atoms with Gasteiger partial charge in [-0.05, 0) is 30.0 Å². The van der Waals surface area contributed by atoms with Gasteiger partial charge in [-0.15, -0.1) is 0 Å². The zero-order valence-electron chi connectivity index (χ0n) is 12.6. The third-order valence-corrected chi connectivity index (χ3v) is 2.93. The number of aliphatic hydroxyl groups is 1. The van der Waals surface area contributed by atoms with Gasteiger partial charge in [0.15, 0.2) is 0 Å². The van der Waals surface area contributed by atoms with E-state index in [2.05, 4.69) is 39.1 Å². The summed E-state index contributed by atoms with van der Waals surface area (Å²) in [5.74, 6) is 0.865. The number of hydrogen-bond donors (Lipinski definition) is 2. The molecule has 0 radical (unpaired) electrons. The molecule has 1 rings (SSSR count). The van der Waals surface area contributed by atoms with Crippen molar-refractivity contribution in [2.45, 2.75) is 45.6 Å². The maximum Gasteiger partial charge on any atom is 0.123 e. The second-order valence-corrected chi connectivity index (χ2v) is 5.92. The van der Waals surface area contributed by atoms with Crippen molar-refractivity contribution in [1.82, 2.24) is 5.32 Å². The van der Waals surface area contributed by atoms with E-state index in [9.17, 15) is 5.11 Å². The first-order valence-corrected chi connectivity index (χ1v) is 7.06. The van der Waals surface area contributed by atoms with Crippen molar-refractivity contribution in [2.75, 3.05) is 19.7 Å². The van der Waals surface area contributed by atoms with Crippen molar-refractivity contribution in [1.29, 1.82) is 0 Å². The van der Waals surface area contributed by atoms with Gasteiger partial charge in [0.05, 0.1) is 0 Å². The van der Waals surface area contributed by atoms with Crippen LogP contribution >= 0.6 is 0 Å². The van der Waals surface area contributed by atoms with Crippen LogP contribution in [0, 0.1) is 0 Å². The number of para-hydroxylation sites is 1. The minimum absolute atomic E-state index is 0.0437. The van der Waals surface area contributed by atoms with Gasteiger partial charge in [0.25, 0.3) is 0 Å². The van der Waals surface area contributed by atoms with Gasteiger partial charge in [-0.3, -0.25) is 0 Å². The molecule has 0 bridgehead atoms. The number of aliphatic hydroxyl groups excluding tert-OH is 1. The summed E-state index contributed by atoms with van der Waals surface area (Å²) >= 11 is 0. The van der Waals surface area contributed by atoms with E-state index < -0.39 is 6.10 Å². The highest BCUT2D eigenvalue weighted by atomic mass is 16.5. The Balaban J connectivity index is 2.53. The highest BCUT2D eigenvalue weighted by Crippen LogP contribution is 2.30. The minimum atomic E-state index is -0.473. The van der Waals surface area contributed by atoms with Gasteiger partial charge in [0.2, 0.25) is 0 Å². The first-order valence-electron chi connectivity index (χ1n) is 7.06. The smallest absolute Gasteiger partial charge is 0.123 e. The highest BCUT2D eigenvalue weighted by molar-refractivity contribution is 5.38. The van der Waals surface area contributed by atoms with E-state index in [-0.39, 0.29) is 5.41 Å². The number of rotatable bonds is 7. The number of nitrogens with one attached hydrogen (secondary N) is 1. The fourth-order valence-electron chi connectivity index (χ4n) is 1.90. The zero-order valence-corrected chi connectivity index (χ0v) is 12.6. The third kappa shape index (κ3) is 5.62. The minimum Gasteiger partial charge on any atom is -0.491 e. The number of ether oxygens (including phenoxy) is 1. The van der Waals surface area contributed by atoms with Crippen LogP contribution in [-0.2, 0) is 5.41 Å². The monoisotopic (exact) mass is 265 g/mol. The van der Waals surface area contributed by atoms with Crippen molar-refractivity contribution < 1.29 is 9.84 Å². The molecule has 0 aliphatic heterocycles. The molecular formula is C16H27NO2. The second-order valence-electron chi connectivity index (χ2n) is 5.92. The first kappa shape index (κ1) is 16.0. The lowest BCUT2D eigenvalue weighted by molar-refractivity contribution is 0.105. The van der Waals surface area contributed by atoms with E-state index in [4.69, 9.17) is 4.74 Å². The van der Waals surface area contributed by atoms with Crippen LogP contribution in [0.15, 0.2) is 24.3 Å². The number of benzene rings is 1. The molecule has 0 aliphatic carbocycles. The Hall–Kier alpha value is -1.06. The first-order chi connectivity index (χ1) is 8.95. The molecule has 1 atom stereocenters. The van der Waals surface area contributed by atoms with Gasteiger partial charge in [0, 0.05) is 6.54 Å². The van der Waals surface area contributed by atoms with E-state index in [0.29, 0.717) is 13.2 Å². The molecule has 108 valence electrons. The maximum atomic E-state index is 9.84. The summed E-state index contributed by atoms with van der Waals surface area (Å²) < 4.78 is 5.77. The van der Waals surface area contributed by atoms with Crippen LogP contribution in [0.3, 0.4) is 0 Å². The van der Waals surface area contributed by atoms with E-state index in [1.165, 1.54) is 5.56 Å². The Labute approximate surface area is 117 Å². The summed E-state index contributed by atoms with van der Waals surface area (Å²) in [5, 5.41) is 13.0. The van der Waals surface area contributed by atoms with Crippen molar-refractivity contribution in [3.63, 3.8) is 0 Å². The summed E-state index contributed by atoms with van der Waals surface area (Å²) in [6.45, 7) is 10.4. The fourth-order valence-corrected chi connectivity index (χ4v) is 1.90. The van der Waals surface area contributed by atoms with E-state index >= 15 is 0 Å².